The first kappa shape index (κ1) is 23.0. The highest BCUT2D eigenvalue weighted by Crippen LogP contribution is 2.29. The number of β-amino-alcohol motifs (C(OH)–C–C–N with tert-alkyl or cyclic N) is 1. The van der Waals surface area contributed by atoms with E-state index in [2.05, 4.69) is 45.2 Å². The second-order valence-electron chi connectivity index (χ2n) is 8.11. The predicted octanol–water partition coefficient (Wildman–Crippen LogP) is 2.08. The van der Waals surface area contributed by atoms with Crippen LogP contribution in [0.25, 0.3) is 0 Å². The van der Waals surface area contributed by atoms with Crippen LogP contribution in [-0.2, 0) is 13.1 Å². The monoisotopic (exact) mass is 434 g/mol. The van der Waals surface area contributed by atoms with E-state index >= 15 is 0 Å². The number of aromatic nitrogens is 1. The molecule has 1 atom stereocenters. The van der Waals surface area contributed by atoms with Crippen molar-refractivity contribution >= 4 is 11.3 Å². The SMILES string of the molecule is COc1ccc(CN(C)Cc2nc(C)cs2)cc1OC[C@@H](O)CN1CCN(C)CC1. The molecule has 2 aromatic rings. The van der Waals surface area contributed by atoms with Gasteiger partial charge in [-0.25, -0.2) is 4.98 Å². The highest BCUT2D eigenvalue weighted by Gasteiger charge is 2.18. The number of aliphatic hydroxyl groups is 1. The van der Waals surface area contributed by atoms with Crippen molar-refractivity contribution in [2.24, 2.45) is 0 Å². The van der Waals surface area contributed by atoms with E-state index in [0.717, 1.165) is 55.5 Å². The first-order valence-electron chi connectivity index (χ1n) is 10.4. The van der Waals surface area contributed by atoms with E-state index in [-0.39, 0.29) is 6.61 Å². The Morgan fingerprint density at radius 2 is 1.97 bits per heavy atom. The average molecular weight is 435 g/mol. The fraction of sp³-hybridized carbons (Fsp3) is 0.591. The van der Waals surface area contributed by atoms with Gasteiger partial charge in [-0.1, -0.05) is 6.07 Å². The van der Waals surface area contributed by atoms with Gasteiger partial charge >= 0.3 is 0 Å². The Bertz CT molecular complexity index is 792. The Labute approximate surface area is 183 Å². The second-order valence-corrected chi connectivity index (χ2v) is 9.05. The van der Waals surface area contributed by atoms with Gasteiger partial charge in [0.05, 0.1) is 13.7 Å². The van der Waals surface area contributed by atoms with Crippen molar-refractivity contribution in [1.82, 2.24) is 19.7 Å². The maximum atomic E-state index is 10.4. The summed E-state index contributed by atoms with van der Waals surface area (Å²) in [4.78, 5) is 11.4. The van der Waals surface area contributed by atoms with Crippen LogP contribution in [-0.4, -0.2) is 91.4 Å². The minimum atomic E-state index is -0.530. The van der Waals surface area contributed by atoms with Crippen molar-refractivity contribution in [2.75, 3.05) is 60.5 Å². The van der Waals surface area contributed by atoms with Gasteiger partial charge in [0.1, 0.15) is 17.7 Å². The number of aliphatic hydroxyl groups excluding tert-OH is 1. The van der Waals surface area contributed by atoms with Crippen LogP contribution in [0.4, 0.5) is 0 Å². The van der Waals surface area contributed by atoms with Gasteiger partial charge in [0.25, 0.3) is 0 Å². The molecular weight excluding hydrogens is 400 g/mol. The van der Waals surface area contributed by atoms with E-state index < -0.39 is 6.10 Å². The number of benzene rings is 1. The summed E-state index contributed by atoms with van der Waals surface area (Å²) in [6, 6.07) is 5.99. The summed E-state index contributed by atoms with van der Waals surface area (Å²) < 4.78 is 11.4. The maximum absolute atomic E-state index is 10.4. The second kappa shape index (κ2) is 11.1. The number of rotatable bonds is 10. The molecule has 1 aliphatic heterocycles. The van der Waals surface area contributed by atoms with Crippen LogP contribution >= 0.6 is 11.3 Å². The molecule has 0 amide bonds. The van der Waals surface area contributed by atoms with Crippen LogP contribution in [0.3, 0.4) is 0 Å². The lowest BCUT2D eigenvalue weighted by atomic mass is 10.2. The van der Waals surface area contributed by atoms with Crippen LogP contribution in [0.5, 0.6) is 11.5 Å². The Balaban J connectivity index is 1.53. The van der Waals surface area contributed by atoms with Gasteiger partial charge in [0.2, 0.25) is 0 Å². The number of hydrogen-bond acceptors (Lipinski definition) is 8. The molecule has 0 aliphatic carbocycles. The van der Waals surface area contributed by atoms with Gasteiger partial charge in [-0.3, -0.25) is 9.80 Å². The van der Waals surface area contributed by atoms with Crippen molar-refractivity contribution in [3.8, 4) is 11.5 Å². The number of hydrogen-bond donors (Lipinski definition) is 1. The fourth-order valence-electron chi connectivity index (χ4n) is 3.57. The van der Waals surface area contributed by atoms with Crippen LogP contribution in [0.1, 0.15) is 16.3 Å². The molecular formula is C22H34N4O3S. The van der Waals surface area contributed by atoms with Gasteiger partial charge in [-0.15, -0.1) is 11.3 Å². The normalized spacial score (nSPS) is 16.7. The van der Waals surface area contributed by atoms with Crippen LogP contribution in [0.15, 0.2) is 23.6 Å². The van der Waals surface area contributed by atoms with E-state index in [1.807, 2.05) is 19.1 Å². The first-order valence-corrected chi connectivity index (χ1v) is 11.3. The van der Waals surface area contributed by atoms with Crippen LogP contribution in [0.2, 0.25) is 0 Å². The molecule has 1 fully saturated rings. The number of piperazine rings is 1. The molecule has 0 bridgehead atoms. The quantitative estimate of drug-likeness (QED) is 0.614. The molecule has 0 spiro atoms. The molecule has 3 rings (SSSR count). The first-order chi connectivity index (χ1) is 14.4. The molecule has 1 saturated heterocycles. The number of nitrogens with zero attached hydrogens (tertiary/aromatic N) is 4. The molecule has 7 nitrogen and oxygen atoms in total. The van der Waals surface area contributed by atoms with Crippen molar-refractivity contribution < 1.29 is 14.6 Å². The Morgan fingerprint density at radius 3 is 2.63 bits per heavy atom. The number of likely N-dealkylation sites (N-methyl/N-ethyl adjacent to an activating group) is 1. The summed E-state index contributed by atoms with van der Waals surface area (Å²) in [6.45, 7) is 8.54. The third-order valence-electron chi connectivity index (χ3n) is 5.25. The molecule has 1 N–H and O–H groups in total. The third kappa shape index (κ3) is 6.92. The summed E-state index contributed by atoms with van der Waals surface area (Å²) >= 11 is 1.69. The summed E-state index contributed by atoms with van der Waals surface area (Å²) in [5.74, 6) is 1.36. The van der Waals surface area contributed by atoms with Gasteiger partial charge in [-0.05, 0) is 38.7 Å². The Hall–Kier alpha value is -1.71. The molecule has 2 heterocycles. The summed E-state index contributed by atoms with van der Waals surface area (Å²) in [7, 11) is 5.85. The molecule has 30 heavy (non-hydrogen) atoms. The molecule has 8 heteroatoms. The summed E-state index contributed by atoms with van der Waals surface area (Å²) in [6.07, 6.45) is -0.530. The zero-order valence-electron chi connectivity index (χ0n) is 18.5. The van der Waals surface area contributed by atoms with E-state index in [1.54, 1.807) is 18.4 Å². The molecule has 1 aromatic carbocycles. The van der Waals surface area contributed by atoms with Gasteiger partial charge in [0, 0.05) is 50.3 Å². The van der Waals surface area contributed by atoms with Gasteiger partial charge in [0.15, 0.2) is 11.5 Å². The molecule has 1 aliphatic rings. The van der Waals surface area contributed by atoms with Crippen molar-refractivity contribution in [3.05, 3.63) is 39.8 Å². The van der Waals surface area contributed by atoms with E-state index in [9.17, 15) is 5.11 Å². The van der Waals surface area contributed by atoms with Crippen molar-refractivity contribution in [2.45, 2.75) is 26.1 Å². The molecule has 166 valence electrons. The minimum absolute atomic E-state index is 0.250. The maximum Gasteiger partial charge on any atom is 0.161 e. The highest BCUT2D eigenvalue weighted by atomic mass is 32.1. The Kier molecular flexibility index (Phi) is 8.47. The molecule has 0 saturated carbocycles. The summed E-state index contributed by atoms with van der Waals surface area (Å²) in [5, 5.41) is 13.6. The van der Waals surface area contributed by atoms with E-state index in [1.165, 1.54) is 0 Å². The topological polar surface area (TPSA) is 61.3 Å². The number of ether oxygens (including phenoxy) is 2. The van der Waals surface area contributed by atoms with E-state index in [0.29, 0.717) is 18.0 Å². The van der Waals surface area contributed by atoms with Crippen LogP contribution in [0, 0.1) is 6.92 Å². The zero-order chi connectivity index (χ0) is 21.5. The highest BCUT2D eigenvalue weighted by molar-refractivity contribution is 7.09. The number of aryl methyl sites for hydroxylation is 1. The predicted molar refractivity (Wildman–Crippen MR) is 120 cm³/mol. The number of methoxy groups -OCH3 is 1. The van der Waals surface area contributed by atoms with Gasteiger partial charge in [-0.2, -0.15) is 0 Å². The molecule has 0 radical (unpaired) electrons. The average Bonchev–Trinajstić information content (AvgIpc) is 3.12. The fourth-order valence-corrected chi connectivity index (χ4v) is 4.42. The lowest BCUT2D eigenvalue weighted by Crippen LogP contribution is -2.47. The minimum Gasteiger partial charge on any atom is -0.493 e. The lowest BCUT2D eigenvalue weighted by Gasteiger charge is -2.33. The molecule has 0 unspecified atom stereocenters. The molecule has 1 aromatic heterocycles. The van der Waals surface area contributed by atoms with Crippen molar-refractivity contribution in [3.63, 3.8) is 0 Å². The smallest absolute Gasteiger partial charge is 0.161 e. The zero-order valence-corrected chi connectivity index (χ0v) is 19.3. The number of thiazole rings is 1. The standard InChI is InChI=1S/C22H34N4O3S/c1-17-16-30-22(23-17)14-25(3)12-18-5-6-20(28-4)21(11-18)29-15-19(27)13-26-9-7-24(2)8-10-26/h5-6,11,16,19,27H,7-10,12-15H2,1-4H3/t19-/m0/s1. The Morgan fingerprint density at radius 1 is 1.20 bits per heavy atom. The van der Waals surface area contributed by atoms with Gasteiger partial charge < -0.3 is 19.5 Å². The lowest BCUT2D eigenvalue weighted by molar-refractivity contribution is 0.0497. The van der Waals surface area contributed by atoms with E-state index in [4.69, 9.17) is 9.47 Å². The third-order valence-corrected chi connectivity index (χ3v) is 6.20. The van der Waals surface area contributed by atoms with Crippen LogP contribution < -0.4 is 9.47 Å². The largest absolute Gasteiger partial charge is 0.493 e. The summed E-state index contributed by atoms with van der Waals surface area (Å²) in [5.41, 5.74) is 2.20. The van der Waals surface area contributed by atoms with Crippen molar-refractivity contribution in [1.29, 1.82) is 0 Å².